The number of aromatic amines is 1. The Morgan fingerprint density at radius 2 is 1.92 bits per heavy atom. The van der Waals surface area contributed by atoms with E-state index in [0.29, 0.717) is 16.0 Å². The number of alkyl halides is 3. The molecule has 0 fully saturated rings. The molecule has 138 valence electrons. The van der Waals surface area contributed by atoms with Gasteiger partial charge in [0, 0.05) is 27.2 Å². The summed E-state index contributed by atoms with van der Waals surface area (Å²) in [4.78, 5) is 29.6. The van der Waals surface area contributed by atoms with Crippen molar-refractivity contribution in [2.45, 2.75) is 12.7 Å². The molecule has 0 spiro atoms. The van der Waals surface area contributed by atoms with Crippen LogP contribution in [0, 0.1) is 0 Å². The van der Waals surface area contributed by atoms with Gasteiger partial charge in [-0.1, -0.05) is 0 Å². The summed E-state index contributed by atoms with van der Waals surface area (Å²) >= 11 is 1.27. The van der Waals surface area contributed by atoms with Gasteiger partial charge in [0.05, 0.1) is 12.1 Å². The summed E-state index contributed by atoms with van der Waals surface area (Å²) in [5.41, 5.74) is -0.777. The smallest absolute Gasteiger partial charge is 0.363 e. The van der Waals surface area contributed by atoms with Crippen LogP contribution in [0.4, 0.5) is 24.9 Å². The van der Waals surface area contributed by atoms with Crippen LogP contribution < -0.4 is 15.4 Å². The van der Waals surface area contributed by atoms with Gasteiger partial charge in [0.25, 0.3) is 5.56 Å². The molecule has 11 heteroatoms. The van der Waals surface area contributed by atoms with E-state index in [0.717, 1.165) is 6.07 Å². The molecule has 0 aromatic carbocycles. The van der Waals surface area contributed by atoms with Gasteiger partial charge in [-0.15, -0.1) is 11.3 Å². The lowest BCUT2D eigenvalue weighted by molar-refractivity contribution is -0.141. The fourth-order valence-corrected chi connectivity index (χ4v) is 2.98. The molecular formula is C15H15F3N6OS. The van der Waals surface area contributed by atoms with Crippen LogP contribution in [0.15, 0.2) is 22.3 Å². The maximum absolute atomic E-state index is 13.1. The summed E-state index contributed by atoms with van der Waals surface area (Å²) in [5, 5.41) is 1.75. The van der Waals surface area contributed by atoms with Crippen molar-refractivity contribution in [3.8, 4) is 0 Å². The van der Waals surface area contributed by atoms with Gasteiger partial charge >= 0.3 is 6.18 Å². The molecule has 0 saturated carbocycles. The van der Waals surface area contributed by atoms with Gasteiger partial charge < -0.3 is 14.8 Å². The van der Waals surface area contributed by atoms with Gasteiger partial charge in [-0.3, -0.25) is 4.79 Å². The number of nitrogens with one attached hydrogen (secondary N) is 1. The second kappa shape index (κ2) is 6.56. The number of thiophene rings is 1. The molecule has 3 aromatic heterocycles. The van der Waals surface area contributed by atoms with E-state index in [-0.39, 0.29) is 23.9 Å². The van der Waals surface area contributed by atoms with E-state index in [1.807, 2.05) is 0 Å². The van der Waals surface area contributed by atoms with Crippen molar-refractivity contribution >= 4 is 33.3 Å². The first-order valence-corrected chi connectivity index (χ1v) is 8.34. The average Bonchev–Trinajstić information content (AvgIpc) is 3.02. The highest BCUT2D eigenvalue weighted by atomic mass is 32.1. The Bertz CT molecular complexity index is 997. The van der Waals surface area contributed by atoms with Crippen LogP contribution in [0.25, 0.3) is 10.2 Å². The van der Waals surface area contributed by atoms with Gasteiger partial charge in [0.2, 0.25) is 5.95 Å². The molecule has 3 heterocycles. The van der Waals surface area contributed by atoms with Crippen LogP contribution in [0.2, 0.25) is 0 Å². The number of hydrogen-bond donors (Lipinski definition) is 1. The van der Waals surface area contributed by atoms with Crippen molar-refractivity contribution in [2.75, 3.05) is 30.9 Å². The lowest BCUT2D eigenvalue weighted by Gasteiger charge is -2.20. The molecule has 0 amide bonds. The van der Waals surface area contributed by atoms with Crippen molar-refractivity contribution in [3.05, 3.63) is 39.4 Å². The molecule has 0 unspecified atom stereocenters. The van der Waals surface area contributed by atoms with E-state index in [2.05, 4.69) is 19.9 Å². The molecule has 0 atom stereocenters. The Morgan fingerprint density at radius 3 is 2.58 bits per heavy atom. The normalized spacial score (nSPS) is 11.8. The highest BCUT2D eigenvalue weighted by molar-refractivity contribution is 7.17. The van der Waals surface area contributed by atoms with Crippen molar-refractivity contribution in [2.24, 2.45) is 0 Å². The van der Waals surface area contributed by atoms with E-state index < -0.39 is 11.9 Å². The second-order valence-corrected chi connectivity index (χ2v) is 6.72. The number of halogens is 3. The van der Waals surface area contributed by atoms with E-state index >= 15 is 0 Å². The maximum atomic E-state index is 13.1. The van der Waals surface area contributed by atoms with E-state index in [9.17, 15) is 18.0 Å². The molecular weight excluding hydrogens is 369 g/mol. The van der Waals surface area contributed by atoms with Gasteiger partial charge in [-0.05, 0) is 11.4 Å². The van der Waals surface area contributed by atoms with E-state index in [4.69, 9.17) is 0 Å². The third-order valence-corrected chi connectivity index (χ3v) is 4.44. The number of H-pyrrole nitrogens is 1. The van der Waals surface area contributed by atoms with Crippen molar-refractivity contribution in [3.63, 3.8) is 0 Å². The summed E-state index contributed by atoms with van der Waals surface area (Å²) in [5.74, 6) is 0.330. The van der Waals surface area contributed by atoms with Crippen molar-refractivity contribution < 1.29 is 13.2 Å². The molecule has 0 bridgehead atoms. The molecule has 1 N–H and O–H groups in total. The molecule has 0 aliphatic carbocycles. The van der Waals surface area contributed by atoms with Gasteiger partial charge in [0.1, 0.15) is 16.3 Å². The zero-order valence-corrected chi connectivity index (χ0v) is 14.9. The summed E-state index contributed by atoms with van der Waals surface area (Å²) in [6, 6.07) is 2.60. The number of nitrogens with zero attached hydrogens (tertiary/aromatic N) is 5. The van der Waals surface area contributed by atoms with Gasteiger partial charge in [-0.2, -0.15) is 18.2 Å². The van der Waals surface area contributed by atoms with E-state index in [1.54, 1.807) is 25.5 Å². The molecule has 26 heavy (non-hydrogen) atoms. The number of anilines is 2. The Hall–Kier alpha value is -2.69. The van der Waals surface area contributed by atoms with Crippen molar-refractivity contribution in [1.82, 2.24) is 19.9 Å². The third kappa shape index (κ3) is 3.62. The zero-order valence-electron chi connectivity index (χ0n) is 14.1. The minimum atomic E-state index is -4.59. The standard InChI is InChI=1S/C15H15F3N6OS/c1-23(2)11-6-9(15(16,17)18)20-14(22-11)24(3)7-10-19-8-4-5-26-12(8)13(25)21-10/h4-6H,7H2,1-3H3,(H,19,21,25). The minimum absolute atomic E-state index is 0.0508. The second-order valence-electron chi connectivity index (χ2n) is 5.81. The van der Waals surface area contributed by atoms with Crippen LogP contribution in [0.1, 0.15) is 11.5 Å². The maximum Gasteiger partial charge on any atom is 0.433 e. The topological polar surface area (TPSA) is 78.0 Å². The third-order valence-electron chi connectivity index (χ3n) is 3.54. The molecule has 0 aliphatic rings. The van der Waals surface area contributed by atoms with Crippen LogP contribution in [0.3, 0.4) is 0 Å². The summed E-state index contributed by atoms with van der Waals surface area (Å²) in [6.07, 6.45) is -4.59. The monoisotopic (exact) mass is 384 g/mol. The highest BCUT2D eigenvalue weighted by Gasteiger charge is 2.34. The van der Waals surface area contributed by atoms with Crippen LogP contribution in [-0.2, 0) is 12.7 Å². The number of hydrogen-bond acceptors (Lipinski definition) is 7. The first kappa shape index (κ1) is 18.1. The quantitative estimate of drug-likeness (QED) is 0.745. The largest absolute Gasteiger partial charge is 0.433 e. The Kier molecular flexibility index (Phi) is 4.57. The average molecular weight is 384 g/mol. The molecule has 0 radical (unpaired) electrons. The van der Waals surface area contributed by atoms with Gasteiger partial charge in [0.15, 0.2) is 5.69 Å². The van der Waals surface area contributed by atoms with Crippen LogP contribution in [0.5, 0.6) is 0 Å². The molecule has 7 nitrogen and oxygen atoms in total. The number of fused-ring (bicyclic) bond motifs is 1. The Balaban J connectivity index is 1.96. The first-order chi connectivity index (χ1) is 12.1. The van der Waals surface area contributed by atoms with Crippen LogP contribution in [-0.4, -0.2) is 41.1 Å². The zero-order chi connectivity index (χ0) is 19.1. The minimum Gasteiger partial charge on any atom is -0.363 e. The Morgan fingerprint density at radius 1 is 1.19 bits per heavy atom. The highest BCUT2D eigenvalue weighted by Crippen LogP contribution is 2.30. The first-order valence-electron chi connectivity index (χ1n) is 7.46. The lowest BCUT2D eigenvalue weighted by atomic mass is 10.3. The molecule has 3 aromatic rings. The molecule has 3 rings (SSSR count). The summed E-state index contributed by atoms with van der Waals surface area (Å²) in [7, 11) is 4.72. The number of rotatable bonds is 4. The van der Waals surface area contributed by atoms with E-state index in [1.165, 1.54) is 28.2 Å². The predicted octanol–water partition coefficient (Wildman–Crippen LogP) is 2.50. The summed E-state index contributed by atoms with van der Waals surface area (Å²) < 4.78 is 39.8. The summed E-state index contributed by atoms with van der Waals surface area (Å²) in [6.45, 7) is 0.0508. The fraction of sp³-hybridized carbons (Fsp3) is 0.333. The SMILES string of the molecule is CN(C)c1cc(C(F)(F)F)nc(N(C)Cc2nc3ccsc3c(=O)[nH]2)n1. The Labute approximate surface area is 150 Å². The molecule has 0 aliphatic heterocycles. The number of aromatic nitrogens is 4. The van der Waals surface area contributed by atoms with Gasteiger partial charge in [-0.25, -0.2) is 9.97 Å². The fourth-order valence-electron chi connectivity index (χ4n) is 2.26. The predicted molar refractivity (Wildman–Crippen MR) is 93.7 cm³/mol. The van der Waals surface area contributed by atoms with Crippen molar-refractivity contribution in [1.29, 1.82) is 0 Å². The lowest BCUT2D eigenvalue weighted by Crippen LogP contribution is -2.25. The molecule has 0 saturated heterocycles. The van der Waals surface area contributed by atoms with Crippen LogP contribution >= 0.6 is 11.3 Å².